The molecule has 0 radical (unpaired) electrons. The Balaban J connectivity index is 0.000000123. The Kier molecular flexibility index (Phi) is 21.1. The third kappa shape index (κ3) is 15.9. The van der Waals surface area contributed by atoms with Gasteiger partial charge in [-0.3, -0.25) is 0 Å². The van der Waals surface area contributed by atoms with E-state index in [-0.39, 0.29) is 25.5 Å². The molecule has 2 atom stereocenters. The molecule has 0 fully saturated rings. The number of benzene rings is 15. The maximum absolute atomic E-state index is 9.64. The van der Waals surface area contributed by atoms with Crippen LogP contribution < -0.4 is 37.6 Å². The second-order valence-corrected chi connectivity index (χ2v) is 27.6. The van der Waals surface area contributed by atoms with E-state index < -0.39 is 11.3 Å². The summed E-state index contributed by atoms with van der Waals surface area (Å²) in [4.78, 5) is 0. The zero-order valence-electron chi connectivity index (χ0n) is 60.9. The number of aliphatic hydroxyl groups excluding tert-OH is 3. The summed E-state index contributed by atoms with van der Waals surface area (Å²) >= 11 is 0. The minimum Gasteiger partial charge on any atom is -0.398 e. The van der Waals surface area contributed by atoms with Gasteiger partial charge in [0.25, 0.3) is 0 Å². The van der Waals surface area contributed by atoms with Gasteiger partial charge in [0.1, 0.15) is 22.7 Å². The van der Waals surface area contributed by atoms with Gasteiger partial charge >= 0.3 is 0 Å². The fraction of sp³-hybridized carbons (Fsp3) is 0.133. The van der Waals surface area contributed by atoms with Crippen molar-refractivity contribution in [3.05, 3.63) is 297 Å². The highest BCUT2D eigenvalue weighted by Gasteiger charge is 2.33. The first-order valence-electron chi connectivity index (χ1n) is 36.5. The summed E-state index contributed by atoms with van der Waals surface area (Å²) in [5.74, 6) is 0. The van der Waals surface area contributed by atoms with Gasteiger partial charge in [-0.05, 0) is 147 Å². The molecule has 20 heteroatoms. The van der Waals surface area contributed by atoms with Gasteiger partial charge < -0.3 is 53.0 Å². The zero-order valence-corrected chi connectivity index (χ0v) is 60.9. The van der Waals surface area contributed by atoms with Gasteiger partial charge in [0, 0.05) is 127 Å². The summed E-state index contributed by atoms with van der Waals surface area (Å²) < 4.78 is 0. The molecule has 110 heavy (non-hydrogen) atoms. The first-order valence-corrected chi connectivity index (χ1v) is 36.5. The maximum Gasteiger partial charge on any atom is 0.110 e. The Morgan fingerprint density at radius 3 is 0.945 bits per heavy atom. The number of anilines is 7. The van der Waals surface area contributed by atoms with E-state index >= 15 is 0 Å². The van der Waals surface area contributed by atoms with E-state index in [9.17, 15) is 10.2 Å². The molecule has 0 spiro atoms. The Hall–Kier alpha value is -13.7. The Morgan fingerprint density at radius 2 is 0.527 bits per heavy atom. The van der Waals surface area contributed by atoms with Crippen molar-refractivity contribution < 1.29 is 15.3 Å². The van der Waals surface area contributed by atoms with Crippen LogP contribution in [0, 0.1) is 0 Å². The van der Waals surface area contributed by atoms with Crippen molar-refractivity contribution >= 4 is 161 Å². The molecular formula is C90H81N17O3. The van der Waals surface area contributed by atoms with Crippen LogP contribution in [0.25, 0.3) is 64.6 Å². The molecule has 2 unspecified atom stereocenters. The van der Waals surface area contributed by atoms with Crippen molar-refractivity contribution in [2.45, 2.75) is 57.0 Å². The number of nitrogen functional groups attached to an aromatic ring is 1. The molecule has 3 heterocycles. The van der Waals surface area contributed by atoms with Crippen LogP contribution in [0.1, 0.15) is 40.0 Å². The topological polar surface area (TPSA) is 282 Å². The van der Waals surface area contributed by atoms with Crippen molar-refractivity contribution in [3.63, 3.8) is 0 Å². The van der Waals surface area contributed by atoms with Gasteiger partial charge in [-0.25, -0.2) is 0 Å². The number of rotatable bonds is 16. The van der Waals surface area contributed by atoms with E-state index in [0.717, 1.165) is 151 Å². The summed E-state index contributed by atoms with van der Waals surface area (Å²) in [5, 5.41) is 107. The average molecular weight is 1450 g/mol. The second-order valence-electron chi connectivity index (χ2n) is 27.6. The first kappa shape index (κ1) is 71.9. The van der Waals surface area contributed by atoms with Gasteiger partial charge in [-0.1, -0.05) is 182 Å². The van der Waals surface area contributed by atoms with Crippen LogP contribution in [0.4, 0.5) is 96.7 Å². The van der Waals surface area contributed by atoms with Gasteiger partial charge in [0.2, 0.25) is 0 Å². The maximum atomic E-state index is 9.64. The van der Waals surface area contributed by atoms with Crippen molar-refractivity contribution in [1.82, 2.24) is 0 Å². The van der Waals surface area contributed by atoms with Crippen LogP contribution in [0.2, 0.25) is 0 Å². The monoisotopic (exact) mass is 1450 g/mol. The van der Waals surface area contributed by atoms with E-state index in [0.29, 0.717) is 19.3 Å². The van der Waals surface area contributed by atoms with Crippen LogP contribution in [0.3, 0.4) is 0 Å². The van der Waals surface area contributed by atoms with Crippen molar-refractivity contribution in [2.24, 2.45) is 51.1 Å². The smallest absolute Gasteiger partial charge is 0.110 e. The lowest BCUT2D eigenvalue weighted by molar-refractivity contribution is 0.262. The van der Waals surface area contributed by atoms with Gasteiger partial charge in [-0.2, -0.15) is 15.3 Å². The lowest BCUT2D eigenvalue weighted by Crippen LogP contribution is -2.45. The number of nitrogens with two attached hydrogens (primary N) is 1. The van der Waals surface area contributed by atoms with E-state index in [1.165, 1.54) is 10.8 Å². The number of nitrogens with one attached hydrogen (secondary N) is 6. The zero-order chi connectivity index (χ0) is 75.4. The predicted molar refractivity (Wildman–Crippen MR) is 450 cm³/mol. The van der Waals surface area contributed by atoms with E-state index in [2.05, 4.69) is 157 Å². The summed E-state index contributed by atoms with van der Waals surface area (Å²) in [6.07, 6.45) is 1.79. The minimum absolute atomic E-state index is 0.0610. The highest BCUT2D eigenvalue weighted by molar-refractivity contribution is 6.11. The van der Waals surface area contributed by atoms with E-state index in [1.54, 1.807) is 0 Å². The number of hydrogen-bond donors (Lipinski definition) is 10. The number of azo groups is 5. The molecule has 20 nitrogen and oxygen atoms in total. The highest BCUT2D eigenvalue weighted by atomic mass is 16.3. The number of aliphatic hydroxyl groups is 3. The molecule has 0 amide bonds. The predicted octanol–water partition coefficient (Wildman–Crippen LogP) is 25.1. The Bertz CT molecular complexity index is 5950. The van der Waals surface area contributed by atoms with E-state index in [4.69, 9.17) is 10.8 Å². The van der Waals surface area contributed by atoms with Crippen molar-refractivity contribution in [3.8, 4) is 0 Å². The molecule has 11 N–H and O–H groups in total. The van der Waals surface area contributed by atoms with Crippen LogP contribution in [0.15, 0.2) is 348 Å². The van der Waals surface area contributed by atoms with Gasteiger partial charge in [-0.15, -0.1) is 35.8 Å². The third-order valence-corrected chi connectivity index (χ3v) is 19.5. The molecule has 0 bridgehead atoms. The third-order valence-electron chi connectivity index (χ3n) is 19.5. The molecule has 0 saturated carbocycles. The Morgan fingerprint density at radius 1 is 0.245 bits per heavy atom. The normalized spacial score (nSPS) is 15.8. The standard InChI is InChI=1S/2C30H26N6O.C16H13N3.C14H16N2O/c1-30(18-19-37)31-26-13-7-8-20-14-15-27(29(32-30)28(20)26)36-35-25-17-16-24(22-11-5-6-12-23(22)25)34-33-21-9-3-2-4-10-21;1-30(18-19-37)31-27-13-7-12-23-26(16-17-28(32-30)29(23)27)36-35-25-15-14-24(21-10-5-6-11-22(21)25)34-33-20-8-3-2-4-9-20;17-15-10-11-16(14-9-5-4-8-13(14)15)19-18-12-6-2-1-3-7-12;1-14(8-9-17)15-11-6-2-4-10-5-3-7-12(16-14)13(10)11/h2*2-17,31-32,37H,18-19H2,1H3;1-11H,17H2;2-7,15-17H,8-9H2,1H3. The summed E-state index contributed by atoms with van der Waals surface area (Å²) in [6, 6.07) is 97.3. The Labute approximate surface area is 636 Å². The van der Waals surface area contributed by atoms with Crippen LogP contribution in [-0.2, 0) is 0 Å². The molecule has 15 aromatic rings. The van der Waals surface area contributed by atoms with Gasteiger partial charge in [0.05, 0.1) is 56.9 Å². The van der Waals surface area contributed by atoms with Gasteiger partial charge in [0.15, 0.2) is 0 Å². The fourth-order valence-corrected chi connectivity index (χ4v) is 14.1. The summed E-state index contributed by atoms with van der Waals surface area (Å²) in [6.45, 7) is 6.47. The highest BCUT2D eigenvalue weighted by Crippen LogP contribution is 2.47. The fourth-order valence-electron chi connectivity index (χ4n) is 14.1. The van der Waals surface area contributed by atoms with Crippen molar-refractivity contribution in [1.29, 1.82) is 0 Å². The molecule has 0 aromatic heterocycles. The second kappa shape index (κ2) is 32.2. The van der Waals surface area contributed by atoms with Crippen LogP contribution in [-0.4, -0.2) is 52.1 Å². The molecule has 544 valence electrons. The van der Waals surface area contributed by atoms with Crippen molar-refractivity contribution in [2.75, 3.05) is 57.5 Å². The molecule has 0 aliphatic carbocycles. The van der Waals surface area contributed by atoms with Crippen LogP contribution >= 0.6 is 0 Å². The summed E-state index contributed by atoms with van der Waals surface area (Å²) in [5.41, 5.74) is 19.6. The molecular weight excluding hydrogens is 1370 g/mol. The molecule has 3 aliphatic heterocycles. The molecule has 15 aromatic carbocycles. The lowest BCUT2D eigenvalue weighted by atomic mass is 9.97. The molecule has 0 saturated heterocycles. The number of hydrogen-bond acceptors (Lipinski definition) is 20. The SMILES string of the molecule is CC1(CCO)Nc2cccc3c(N=Nc4ccc(N=Nc5ccccc5)c5ccccc45)ccc(c23)N1.CC1(CCO)Nc2cccc3ccc(N=Nc4ccc(N=Nc5ccccc5)c5ccccc45)c(c23)N1.CC1(CCO)Nc2cccc3cccc(c23)N1.Nc1ccc(N=Nc2ccccc2)c2ccccc12. The molecule has 3 aliphatic rings. The van der Waals surface area contributed by atoms with E-state index in [1.807, 2.05) is 244 Å². The average Bonchev–Trinajstić information content (AvgIpc) is 0.701. The first-order chi connectivity index (χ1) is 53.8. The quantitative estimate of drug-likeness (QED) is 0.0322. The summed E-state index contributed by atoms with van der Waals surface area (Å²) in [7, 11) is 0. The van der Waals surface area contributed by atoms with Crippen LogP contribution in [0.5, 0.6) is 0 Å². The molecule has 18 rings (SSSR count). The number of fused-ring (bicyclic) bond motifs is 3. The lowest BCUT2D eigenvalue weighted by Gasteiger charge is -2.38. The minimum atomic E-state index is -0.500. The number of nitrogens with zero attached hydrogens (tertiary/aromatic N) is 10. The largest absolute Gasteiger partial charge is 0.398 e.